The van der Waals surface area contributed by atoms with E-state index >= 15 is 0 Å². The Morgan fingerprint density at radius 1 is 1.50 bits per heavy atom. The number of anilines is 1. The molecule has 1 aromatic heterocycles. The van der Waals surface area contributed by atoms with Gasteiger partial charge in [-0.2, -0.15) is 5.10 Å². The molecule has 1 aromatic carbocycles. The molecular formula is C19H25FN4O2. The van der Waals surface area contributed by atoms with E-state index in [2.05, 4.69) is 10.4 Å². The number of nitrogens with two attached hydrogens (primary N) is 1. The van der Waals surface area contributed by atoms with Gasteiger partial charge in [0.15, 0.2) is 5.82 Å². The van der Waals surface area contributed by atoms with Gasteiger partial charge in [0.1, 0.15) is 11.2 Å². The van der Waals surface area contributed by atoms with Crippen LogP contribution in [0.1, 0.15) is 32.8 Å². The molecule has 140 valence electrons. The zero-order valence-corrected chi connectivity index (χ0v) is 15.5. The van der Waals surface area contributed by atoms with Crippen LogP contribution in [0.15, 0.2) is 30.6 Å². The van der Waals surface area contributed by atoms with Crippen molar-refractivity contribution in [2.75, 3.05) is 11.9 Å². The second-order valence-corrected chi connectivity index (χ2v) is 7.42. The molecule has 26 heavy (non-hydrogen) atoms. The average molecular weight is 360 g/mol. The lowest BCUT2D eigenvalue weighted by atomic mass is 9.54. The molecule has 3 N–H and O–H groups in total. The van der Waals surface area contributed by atoms with Gasteiger partial charge in [0.2, 0.25) is 5.91 Å². The number of ether oxygens (including phenoxy) is 1. The molecule has 1 amide bonds. The third-order valence-corrected chi connectivity index (χ3v) is 5.40. The van der Waals surface area contributed by atoms with Gasteiger partial charge >= 0.3 is 0 Å². The molecule has 1 saturated carbocycles. The molecular weight excluding hydrogens is 335 g/mol. The lowest BCUT2D eigenvalue weighted by molar-refractivity contribution is -0.166. The Bertz CT molecular complexity index is 833. The molecule has 2 aromatic rings. The maximum Gasteiger partial charge on any atom is 0.245 e. The van der Waals surface area contributed by atoms with Crippen molar-refractivity contribution < 1.29 is 13.9 Å². The Hall–Kier alpha value is -2.25. The minimum Gasteiger partial charge on any atom is -0.378 e. The fourth-order valence-electron chi connectivity index (χ4n) is 3.38. The molecule has 3 rings (SSSR count). The van der Waals surface area contributed by atoms with Crippen molar-refractivity contribution in [1.29, 1.82) is 0 Å². The molecule has 7 heteroatoms. The molecule has 1 aliphatic rings. The fraction of sp³-hybridized carbons (Fsp3) is 0.474. The third-order valence-electron chi connectivity index (χ3n) is 5.40. The maximum atomic E-state index is 14.4. The second kappa shape index (κ2) is 6.48. The molecule has 1 heterocycles. The van der Waals surface area contributed by atoms with Crippen molar-refractivity contribution in [1.82, 2.24) is 9.78 Å². The van der Waals surface area contributed by atoms with E-state index in [4.69, 9.17) is 10.5 Å². The van der Waals surface area contributed by atoms with E-state index in [1.165, 1.54) is 10.7 Å². The summed E-state index contributed by atoms with van der Waals surface area (Å²) in [6.07, 6.45) is 3.76. The molecule has 1 aliphatic carbocycles. The molecule has 0 radical (unpaired) electrons. The maximum absolute atomic E-state index is 14.4. The normalized spacial score (nSPS) is 24.2. The highest BCUT2D eigenvalue weighted by atomic mass is 19.1. The summed E-state index contributed by atoms with van der Waals surface area (Å²) in [7, 11) is 0. The van der Waals surface area contributed by atoms with Crippen LogP contribution in [0.25, 0.3) is 5.69 Å². The van der Waals surface area contributed by atoms with Crippen LogP contribution in [0.5, 0.6) is 0 Å². The number of nitrogens with zero attached hydrogens (tertiary/aromatic N) is 2. The van der Waals surface area contributed by atoms with Crippen LogP contribution in [-0.4, -0.2) is 33.9 Å². The smallest absolute Gasteiger partial charge is 0.245 e. The Balaban J connectivity index is 1.75. The van der Waals surface area contributed by atoms with E-state index in [-0.39, 0.29) is 12.0 Å². The van der Waals surface area contributed by atoms with Gasteiger partial charge in [-0.05, 0) is 37.6 Å². The summed E-state index contributed by atoms with van der Waals surface area (Å²) >= 11 is 0. The van der Waals surface area contributed by atoms with Crippen molar-refractivity contribution in [3.05, 3.63) is 42.0 Å². The van der Waals surface area contributed by atoms with Crippen LogP contribution in [0.3, 0.4) is 0 Å². The Morgan fingerprint density at radius 3 is 2.77 bits per heavy atom. The topological polar surface area (TPSA) is 82.2 Å². The molecule has 2 unspecified atom stereocenters. The summed E-state index contributed by atoms with van der Waals surface area (Å²) in [6, 6.07) is 4.50. The van der Waals surface area contributed by atoms with Crippen molar-refractivity contribution in [2.24, 2.45) is 11.1 Å². The van der Waals surface area contributed by atoms with Crippen LogP contribution in [0.2, 0.25) is 0 Å². The first kappa shape index (κ1) is 18.5. The van der Waals surface area contributed by atoms with E-state index < -0.39 is 16.8 Å². The highest BCUT2D eigenvalue weighted by Gasteiger charge is 2.62. The monoisotopic (exact) mass is 360 g/mol. The predicted molar refractivity (Wildman–Crippen MR) is 97.6 cm³/mol. The number of nitrogens with one attached hydrogen (secondary N) is 1. The minimum absolute atomic E-state index is 0.0644. The summed E-state index contributed by atoms with van der Waals surface area (Å²) in [6.45, 7) is 8.20. The molecule has 0 aliphatic heterocycles. The van der Waals surface area contributed by atoms with Crippen LogP contribution < -0.4 is 11.1 Å². The van der Waals surface area contributed by atoms with Gasteiger partial charge in [-0.1, -0.05) is 13.8 Å². The summed E-state index contributed by atoms with van der Waals surface area (Å²) in [5, 5.41) is 6.84. The second-order valence-electron chi connectivity index (χ2n) is 7.42. The molecule has 6 nitrogen and oxygen atoms in total. The Kier molecular flexibility index (Phi) is 4.62. The number of aromatic nitrogens is 2. The largest absolute Gasteiger partial charge is 0.378 e. The zero-order chi connectivity index (χ0) is 19.1. The van der Waals surface area contributed by atoms with Crippen molar-refractivity contribution >= 4 is 11.6 Å². The number of carbonyl (C=O) groups excluding carboxylic acids is 1. The fourth-order valence-corrected chi connectivity index (χ4v) is 3.38. The highest BCUT2D eigenvalue weighted by Crippen LogP contribution is 2.50. The van der Waals surface area contributed by atoms with E-state index in [0.29, 0.717) is 24.4 Å². The van der Waals surface area contributed by atoms with Crippen LogP contribution in [-0.2, 0) is 9.53 Å². The zero-order valence-electron chi connectivity index (χ0n) is 15.5. The van der Waals surface area contributed by atoms with Crippen LogP contribution in [0.4, 0.5) is 10.1 Å². The van der Waals surface area contributed by atoms with Gasteiger partial charge in [0.05, 0.1) is 12.3 Å². The lowest BCUT2D eigenvalue weighted by Gasteiger charge is -2.57. The first-order valence-electron chi connectivity index (χ1n) is 8.72. The number of halogens is 1. The molecule has 1 fully saturated rings. The molecule has 0 saturated heterocycles. The number of rotatable bonds is 5. The highest BCUT2D eigenvalue weighted by molar-refractivity contribution is 5.99. The average Bonchev–Trinajstić information content (AvgIpc) is 3.00. The van der Waals surface area contributed by atoms with Gasteiger partial charge in [0, 0.05) is 30.3 Å². The number of aryl methyl sites for hydroxylation is 1. The Morgan fingerprint density at radius 2 is 2.23 bits per heavy atom. The predicted octanol–water partition coefficient (Wildman–Crippen LogP) is 2.79. The van der Waals surface area contributed by atoms with E-state index in [0.717, 1.165) is 5.56 Å². The first-order valence-corrected chi connectivity index (χ1v) is 8.72. The minimum atomic E-state index is -1.05. The van der Waals surface area contributed by atoms with E-state index in [1.54, 1.807) is 24.5 Å². The quantitative estimate of drug-likeness (QED) is 0.859. The van der Waals surface area contributed by atoms with Gasteiger partial charge < -0.3 is 15.8 Å². The SMILES string of the molecule is CCOC1CC(N)(C(=O)Nc2ccc(-n3cc(C)cn3)c(F)c2)C1(C)C. The van der Waals surface area contributed by atoms with Crippen molar-refractivity contribution in [3.8, 4) is 5.69 Å². The van der Waals surface area contributed by atoms with Gasteiger partial charge in [-0.3, -0.25) is 4.79 Å². The lowest BCUT2D eigenvalue weighted by Crippen LogP contribution is -2.74. The number of amides is 1. The molecule has 0 spiro atoms. The summed E-state index contributed by atoms with van der Waals surface area (Å²) in [5.41, 5.74) is 6.41. The van der Waals surface area contributed by atoms with Gasteiger partial charge in [-0.15, -0.1) is 0 Å². The number of carbonyl (C=O) groups is 1. The van der Waals surface area contributed by atoms with Gasteiger partial charge in [-0.25, -0.2) is 9.07 Å². The molecule has 0 bridgehead atoms. The van der Waals surface area contributed by atoms with E-state index in [1.807, 2.05) is 27.7 Å². The number of benzene rings is 1. The first-order chi connectivity index (χ1) is 12.2. The van der Waals surface area contributed by atoms with Crippen molar-refractivity contribution in [3.63, 3.8) is 0 Å². The van der Waals surface area contributed by atoms with Crippen molar-refractivity contribution in [2.45, 2.75) is 45.8 Å². The van der Waals surface area contributed by atoms with E-state index in [9.17, 15) is 9.18 Å². The van der Waals surface area contributed by atoms with Gasteiger partial charge in [0.25, 0.3) is 0 Å². The Labute approximate surface area is 152 Å². The van der Waals surface area contributed by atoms with Crippen LogP contribution >= 0.6 is 0 Å². The standard InChI is InChI=1S/C19H25FN4O2/c1-5-26-16-9-19(21,18(16,3)4)17(25)23-13-6-7-15(14(20)8-13)24-11-12(2)10-22-24/h6-8,10-11,16H,5,9,21H2,1-4H3,(H,23,25). The number of hydrogen-bond donors (Lipinski definition) is 2. The summed E-state index contributed by atoms with van der Waals surface area (Å²) in [5.74, 6) is -0.808. The summed E-state index contributed by atoms with van der Waals surface area (Å²) in [4.78, 5) is 12.7. The molecule has 2 atom stereocenters. The number of hydrogen-bond acceptors (Lipinski definition) is 4. The third kappa shape index (κ3) is 2.91. The van der Waals surface area contributed by atoms with Crippen LogP contribution in [0, 0.1) is 18.2 Å². The summed E-state index contributed by atoms with van der Waals surface area (Å²) < 4.78 is 21.5.